The first-order chi connectivity index (χ1) is 13.8. The Hall–Kier alpha value is -3.00. The van der Waals surface area contributed by atoms with E-state index in [1.807, 2.05) is 32.0 Å². The number of ether oxygens (including phenoxy) is 2. The fourth-order valence-electron chi connectivity index (χ4n) is 2.73. The number of amides is 1. The Morgan fingerprint density at radius 2 is 1.86 bits per heavy atom. The number of halogens is 3. The fraction of sp³-hybridized carbons (Fsp3) is 0.190. The standard InChI is InChI=1S/C21H18F3NO3S/c1-12-4-3-5-13(2)19(12)27-10-14-8-18(29-11-14)20(26)25-16-7-6-15(22)9-17(16)28-21(23)24/h3-9,11,21H,10H2,1-2H3,(H,25,26). The molecule has 0 fully saturated rings. The van der Waals surface area contributed by atoms with E-state index in [1.165, 1.54) is 17.4 Å². The van der Waals surface area contributed by atoms with Crippen molar-refractivity contribution in [1.29, 1.82) is 0 Å². The second-order valence-electron chi connectivity index (χ2n) is 6.30. The van der Waals surface area contributed by atoms with Crippen LogP contribution in [-0.2, 0) is 6.61 Å². The summed E-state index contributed by atoms with van der Waals surface area (Å²) in [6.45, 7) is 1.06. The molecule has 0 bridgehead atoms. The summed E-state index contributed by atoms with van der Waals surface area (Å²) in [6.07, 6.45) is 0. The smallest absolute Gasteiger partial charge is 0.387 e. The topological polar surface area (TPSA) is 47.6 Å². The van der Waals surface area contributed by atoms with Gasteiger partial charge in [0.25, 0.3) is 5.91 Å². The number of rotatable bonds is 7. The zero-order valence-corrected chi connectivity index (χ0v) is 16.5. The summed E-state index contributed by atoms with van der Waals surface area (Å²) in [6, 6.07) is 10.5. The third kappa shape index (κ3) is 5.29. The van der Waals surface area contributed by atoms with Gasteiger partial charge in [-0.2, -0.15) is 8.78 Å². The molecule has 4 nitrogen and oxygen atoms in total. The molecule has 0 saturated carbocycles. The van der Waals surface area contributed by atoms with E-state index in [0.717, 1.165) is 34.6 Å². The molecule has 29 heavy (non-hydrogen) atoms. The van der Waals surface area contributed by atoms with Crippen LogP contribution < -0.4 is 14.8 Å². The van der Waals surface area contributed by atoms with Crippen LogP contribution in [0.15, 0.2) is 47.8 Å². The van der Waals surface area contributed by atoms with Crippen LogP contribution in [-0.4, -0.2) is 12.5 Å². The molecule has 1 amide bonds. The first kappa shape index (κ1) is 20.7. The first-order valence-electron chi connectivity index (χ1n) is 8.65. The summed E-state index contributed by atoms with van der Waals surface area (Å²) >= 11 is 1.19. The zero-order chi connectivity index (χ0) is 21.0. The Morgan fingerprint density at radius 1 is 1.14 bits per heavy atom. The van der Waals surface area contributed by atoms with Crippen LogP contribution in [0.1, 0.15) is 26.4 Å². The molecule has 0 aliphatic rings. The highest BCUT2D eigenvalue weighted by Crippen LogP contribution is 2.29. The largest absolute Gasteiger partial charge is 0.488 e. The van der Waals surface area contributed by atoms with Gasteiger partial charge in [-0.05, 0) is 48.6 Å². The van der Waals surface area contributed by atoms with Crippen LogP contribution in [0.5, 0.6) is 11.5 Å². The fourth-order valence-corrected chi connectivity index (χ4v) is 3.52. The zero-order valence-electron chi connectivity index (χ0n) is 15.7. The summed E-state index contributed by atoms with van der Waals surface area (Å²) in [5, 5.41) is 4.25. The molecule has 0 unspecified atom stereocenters. The van der Waals surface area contributed by atoms with E-state index in [9.17, 15) is 18.0 Å². The second-order valence-corrected chi connectivity index (χ2v) is 7.21. The molecule has 0 saturated heterocycles. The SMILES string of the molecule is Cc1cccc(C)c1OCc1csc(C(=O)Nc2ccc(F)cc2OC(F)F)c1. The molecule has 1 N–H and O–H groups in total. The normalized spacial score (nSPS) is 10.8. The van der Waals surface area contributed by atoms with Crippen molar-refractivity contribution in [3.63, 3.8) is 0 Å². The molecule has 152 valence electrons. The Morgan fingerprint density at radius 3 is 2.55 bits per heavy atom. The predicted octanol–water partition coefficient (Wildman–Crippen LogP) is 5.94. The molecular formula is C21H18F3NO3S. The van der Waals surface area contributed by atoms with E-state index < -0.39 is 24.1 Å². The number of hydrogen-bond donors (Lipinski definition) is 1. The molecule has 1 heterocycles. The molecular weight excluding hydrogens is 403 g/mol. The lowest BCUT2D eigenvalue weighted by Crippen LogP contribution is -2.13. The van der Waals surface area contributed by atoms with E-state index in [2.05, 4.69) is 10.1 Å². The maximum atomic E-state index is 13.3. The molecule has 0 atom stereocenters. The summed E-state index contributed by atoms with van der Waals surface area (Å²) in [7, 11) is 0. The van der Waals surface area contributed by atoms with Crippen molar-refractivity contribution in [3.05, 3.63) is 75.2 Å². The minimum Gasteiger partial charge on any atom is -0.488 e. The average Bonchev–Trinajstić information content (AvgIpc) is 3.12. The Bertz CT molecular complexity index is 1000. The summed E-state index contributed by atoms with van der Waals surface area (Å²) in [4.78, 5) is 12.8. The van der Waals surface area contributed by atoms with Gasteiger partial charge in [-0.1, -0.05) is 18.2 Å². The lowest BCUT2D eigenvalue weighted by molar-refractivity contribution is -0.0495. The van der Waals surface area contributed by atoms with Crippen molar-refractivity contribution >= 4 is 22.9 Å². The molecule has 0 aliphatic heterocycles. The summed E-state index contributed by atoms with van der Waals surface area (Å²) < 4.78 is 48.5. The highest BCUT2D eigenvalue weighted by Gasteiger charge is 2.16. The van der Waals surface area contributed by atoms with Gasteiger partial charge in [0.1, 0.15) is 18.2 Å². The van der Waals surface area contributed by atoms with Gasteiger partial charge in [0.2, 0.25) is 0 Å². The first-order valence-corrected chi connectivity index (χ1v) is 9.53. The maximum absolute atomic E-state index is 13.3. The van der Waals surface area contributed by atoms with Crippen LogP contribution in [0, 0.1) is 19.7 Å². The van der Waals surface area contributed by atoms with Crippen LogP contribution in [0.3, 0.4) is 0 Å². The van der Waals surface area contributed by atoms with Crippen molar-refractivity contribution in [2.75, 3.05) is 5.32 Å². The Kier molecular flexibility index (Phi) is 6.43. The van der Waals surface area contributed by atoms with Gasteiger partial charge < -0.3 is 14.8 Å². The summed E-state index contributed by atoms with van der Waals surface area (Å²) in [5.74, 6) is -0.909. The van der Waals surface area contributed by atoms with Crippen molar-refractivity contribution in [1.82, 2.24) is 0 Å². The summed E-state index contributed by atoms with van der Waals surface area (Å²) in [5.41, 5.74) is 2.78. The molecule has 0 spiro atoms. The minimum absolute atomic E-state index is 0.0431. The van der Waals surface area contributed by atoms with Crippen molar-refractivity contribution in [3.8, 4) is 11.5 Å². The van der Waals surface area contributed by atoms with Gasteiger partial charge in [0, 0.05) is 11.6 Å². The maximum Gasteiger partial charge on any atom is 0.387 e. The van der Waals surface area contributed by atoms with Crippen LogP contribution in [0.2, 0.25) is 0 Å². The number of anilines is 1. The molecule has 1 aromatic heterocycles. The lowest BCUT2D eigenvalue weighted by atomic mass is 10.1. The van der Waals surface area contributed by atoms with Gasteiger partial charge in [-0.3, -0.25) is 4.79 Å². The Balaban J connectivity index is 1.68. The van der Waals surface area contributed by atoms with Gasteiger partial charge in [0.15, 0.2) is 5.75 Å². The van der Waals surface area contributed by atoms with E-state index in [0.29, 0.717) is 4.88 Å². The quantitative estimate of drug-likeness (QED) is 0.514. The van der Waals surface area contributed by atoms with Crippen LogP contribution in [0.4, 0.5) is 18.9 Å². The molecule has 8 heteroatoms. The lowest BCUT2D eigenvalue weighted by Gasteiger charge is -2.11. The number of benzene rings is 2. The molecule has 0 aliphatic carbocycles. The van der Waals surface area contributed by atoms with Gasteiger partial charge in [-0.25, -0.2) is 4.39 Å². The van der Waals surface area contributed by atoms with Crippen LogP contribution in [0.25, 0.3) is 0 Å². The molecule has 2 aromatic carbocycles. The number of carbonyl (C=O) groups is 1. The van der Waals surface area contributed by atoms with Gasteiger partial charge in [0.05, 0.1) is 10.6 Å². The minimum atomic E-state index is -3.14. The number of para-hydroxylation sites is 1. The number of thiophene rings is 1. The van der Waals surface area contributed by atoms with Crippen molar-refractivity contribution in [2.24, 2.45) is 0 Å². The number of alkyl halides is 2. The van der Waals surface area contributed by atoms with E-state index in [1.54, 1.807) is 11.4 Å². The number of aryl methyl sites for hydroxylation is 2. The Labute approximate surface area is 169 Å². The van der Waals surface area contributed by atoms with Crippen molar-refractivity contribution < 1.29 is 27.4 Å². The second kappa shape index (κ2) is 9.00. The highest BCUT2D eigenvalue weighted by atomic mass is 32.1. The van der Waals surface area contributed by atoms with Gasteiger partial charge in [-0.15, -0.1) is 11.3 Å². The van der Waals surface area contributed by atoms with E-state index in [4.69, 9.17) is 4.74 Å². The average molecular weight is 421 g/mol. The monoisotopic (exact) mass is 421 g/mol. The van der Waals surface area contributed by atoms with E-state index >= 15 is 0 Å². The predicted molar refractivity (Wildman–Crippen MR) is 106 cm³/mol. The van der Waals surface area contributed by atoms with Crippen LogP contribution >= 0.6 is 11.3 Å². The third-order valence-corrected chi connectivity index (χ3v) is 5.06. The number of carbonyl (C=O) groups excluding carboxylic acids is 1. The highest BCUT2D eigenvalue weighted by molar-refractivity contribution is 7.12. The van der Waals surface area contributed by atoms with E-state index in [-0.39, 0.29) is 12.3 Å². The van der Waals surface area contributed by atoms with Crippen molar-refractivity contribution in [2.45, 2.75) is 27.1 Å². The number of hydrogen-bond acceptors (Lipinski definition) is 4. The van der Waals surface area contributed by atoms with Gasteiger partial charge >= 0.3 is 6.61 Å². The number of nitrogens with one attached hydrogen (secondary N) is 1. The molecule has 3 rings (SSSR count). The third-order valence-electron chi connectivity index (χ3n) is 4.08. The molecule has 3 aromatic rings. The molecule has 0 radical (unpaired) electrons.